The summed E-state index contributed by atoms with van der Waals surface area (Å²) in [7, 11) is 0. The summed E-state index contributed by atoms with van der Waals surface area (Å²) in [5.74, 6) is 1.66. The molecule has 0 bridgehead atoms. The van der Waals surface area contributed by atoms with E-state index < -0.39 is 11.4 Å². The second-order valence-electron chi connectivity index (χ2n) is 11.0. The lowest BCUT2D eigenvalue weighted by molar-refractivity contribution is -0.252. The fourth-order valence-corrected chi connectivity index (χ4v) is 8.76. The predicted octanol–water partition coefficient (Wildman–Crippen LogP) is 4.06. The van der Waals surface area contributed by atoms with Gasteiger partial charge in [-0.25, -0.2) is 0 Å². The van der Waals surface area contributed by atoms with Crippen molar-refractivity contribution in [3.63, 3.8) is 0 Å². The second-order valence-corrected chi connectivity index (χ2v) is 11.0. The molecule has 5 heteroatoms. The Morgan fingerprint density at radius 1 is 0.966 bits per heavy atom. The summed E-state index contributed by atoms with van der Waals surface area (Å²) in [4.78, 5) is 12.3. The first kappa shape index (κ1) is 20.3. The molecule has 4 saturated carbocycles. The molecule has 1 aliphatic heterocycles. The van der Waals surface area contributed by atoms with E-state index >= 15 is 0 Å². The first-order chi connectivity index (χ1) is 13.8. The summed E-state index contributed by atoms with van der Waals surface area (Å²) in [5, 5.41) is 10.2. The van der Waals surface area contributed by atoms with Gasteiger partial charge in [-0.3, -0.25) is 4.79 Å². The number of hydrogen-bond donors (Lipinski definition) is 1. The summed E-state index contributed by atoms with van der Waals surface area (Å²) >= 11 is 0. The summed E-state index contributed by atoms with van der Waals surface area (Å²) in [5.41, 5.74) is -0.115. The minimum absolute atomic E-state index is 0.110. The van der Waals surface area contributed by atoms with Crippen molar-refractivity contribution in [2.24, 2.45) is 35.0 Å². The maximum Gasteiger partial charge on any atom is 0.303 e. The molecule has 8 unspecified atom stereocenters. The molecule has 1 N–H and O–H groups in total. The van der Waals surface area contributed by atoms with Crippen molar-refractivity contribution in [1.82, 2.24) is 0 Å². The van der Waals surface area contributed by atoms with E-state index in [-0.39, 0.29) is 18.0 Å². The summed E-state index contributed by atoms with van der Waals surface area (Å²) in [6.07, 6.45) is 9.51. The predicted molar refractivity (Wildman–Crippen MR) is 108 cm³/mol. The van der Waals surface area contributed by atoms with Crippen LogP contribution in [-0.4, -0.2) is 41.8 Å². The molecule has 0 aromatic rings. The molecule has 0 aromatic carbocycles. The normalized spacial score (nSPS) is 51.0. The van der Waals surface area contributed by atoms with Crippen molar-refractivity contribution in [3.8, 4) is 0 Å². The minimum atomic E-state index is -0.632. The molecular formula is C24H38O5. The summed E-state index contributed by atoms with van der Waals surface area (Å²) in [6, 6.07) is 0. The van der Waals surface area contributed by atoms with Crippen LogP contribution in [0.4, 0.5) is 0 Å². The van der Waals surface area contributed by atoms with Gasteiger partial charge in [0, 0.05) is 12.8 Å². The minimum Gasteiger partial charge on any atom is -0.458 e. The van der Waals surface area contributed by atoms with E-state index in [1.165, 1.54) is 12.8 Å². The Bertz CT molecular complexity index is 658. The van der Waals surface area contributed by atoms with E-state index in [2.05, 4.69) is 13.8 Å². The number of esters is 1. The van der Waals surface area contributed by atoms with Gasteiger partial charge in [0.1, 0.15) is 5.60 Å². The molecule has 0 amide bonds. The largest absolute Gasteiger partial charge is 0.458 e. The number of ether oxygens (including phenoxy) is 3. The molecule has 5 aliphatic rings. The molecule has 0 aromatic heterocycles. The Hall–Kier alpha value is -0.650. The van der Waals surface area contributed by atoms with Gasteiger partial charge in [-0.2, -0.15) is 0 Å². The van der Waals surface area contributed by atoms with Crippen LogP contribution in [0.25, 0.3) is 0 Å². The lowest BCUT2D eigenvalue weighted by Gasteiger charge is -2.61. The van der Waals surface area contributed by atoms with Crippen LogP contribution in [0.5, 0.6) is 0 Å². The van der Waals surface area contributed by atoms with Gasteiger partial charge in [0.05, 0.1) is 25.2 Å². The van der Waals surface area contributed by atoms with E-state index in [9.17, 15) is 9.90 Å². The van der Waals surface area contributed by atoms with E-state index in [4.69, 9.17) is 14.2 Å². The highest BCUT2D eigenvalue weighted by molar-refractivity contribution is 5.66. The van der Waals surface area contributed by atoms with Crippen LogP contribution in [0.2, 0.25) is 0 Å². The Morgan fingerprint density at radius 3 is 2.45 bits per heavy atom. The van der Waals surface area contributed by atoms with Crippen molar-refractivity contribution in [3.05, 3.63) is 0 Å². The SMILES string of the molecule is CC(=O)OC12CCC3C(CCC4CC(O)CCC43C)C1CCC2C1(C)OCCO1. The van der Waals surface area contributed by atoms with Crippen LogP contribution in [0.15, 0.2) is 0 Å². The van der Waals surface area contributed by atoms with Crippen LogP contribution >= 0.6 is 0 Å². The first-order valence-corrected chi connectivity index (χ1v) is 11.9. The van der Waals surface area contributed by atoms with E-state index in [0.29, 0.717) is 42.3 Å². The van der Waals surface area contributed by atoms with Gasteiger partial charge in [0.15, 0.2) is 5.79 Å². The Kier molecular flexibility index (Phi) is 4.84. The Morgan fingerprint density at radius 2 is 1.72 bits per heavy atom. The van der Waals surface area contributed by atoms with Gasteiger partial charge in [-0.1, -0.05) is 6.92 Å². The first-order valence-electron chi connectivity index (χ1n) is 11.9. The number of carbonyl (C=O) groups is 1. The number of rotatable bonds is 2. The molecule has 5 fully saturated rings. The third kappa shape index (κ3) is 2.94. The number of aliphatic hydroxyl groups is 1. The van der Waals surface area contributed by atoms with Crippen molar-refractivity contribution >= 4 is 5.97 Å². The summed E-state index contributed by atoms with van der Waals surface area (Å²) < 4.78 is 18.5. The smallest absolute Gasteiger partial charge is 0.303 e. The van der Waals surface area contributed by atoms with Crippen molar-refractivity contribution in [1.29, 1.82) is 0 Å². The molecule has 0 spiro atoms. The van der Waals surface area contributed by atoms with E-state index in [0.717, 1.165) is 44.9 Å². The average molecular weight is 407 g/mol. The van der Waals surface area contributed by atoms with E-state index in [1.807, 2.05) is 0 Å². The van der Waals surface area contributed by atoms with Crippen LogP contribution in [0.3, 0.4) is 0 Å². The van der Waals surface area contributed by atoms with Gasteiger partial charge < -0.3 is 19.3 Å². The van der Waals surface area contributed by atoms with Crippen molar-refractivity contribution in [2.45, 2.75) is 96.1 Å². The van der Waals surface area contributed by atoms with Crippen LogP contribution in [0, 0.1) is 35.0 Å². The zero-order chi connectivity index (χ0) is 20.4. The van der Waals surface area contributed by atoms with Crippen molar-refractivity contribution in [2.75, 3.05) is 13.2 Å². The lowest BCUT2D eigenvalue weighted by Crippen LogP contribution is -2.61. The summed E-state index contributed by atoms with van der Waals surface area (Å²) in [6.45, 7) is 7.37. The van der Waals surface area contributed by atoms with Gasteiger partial charge in [0.2, 0.25) is 0 Å². The molecule has 8 atom stereocenters. The number of fused-ring (bicyclic) bond motifs is 5. The maximum atomic E-state index is 12.3. The third-order valence-electron chi connectivity index (χ3n) is 9.89. The van der Waals surface area contributed by atoms with Crippen LogP contribution < -0.4 is 0 Å². The molecular weight excluding hydrogens is 368 g/mol. The second kappa shape index (κ2) is 6.93. The topological polar surface area (TPSA) is 65.0 Å². The van der Waals surface area contributed by atoms with Gasteiger partial charge in [-0.05, 0) is 87.9 Å². The van der Waals surface area contributed by atoms with Crippen LogP contribution in [-0.2, 0) is 19.0 Å². The molecule has 0 radical (unpaired) electrons. The lowest BCUT2D eigenvalue weighted by atomic mass is 9.46. The average Bonchev–Trinajstić information content (AvgIpc) is 3.26. The Labute approximate surface area is 174 Å². The van der Waals surface area contributed by atoms with Crippen molar-refractivity contribution < 1.29 is 24.1 Å². The van der Waals surface area contributed by atoms with Gasteiger partial charge in [0.25, 0.3) is 0 Å². The highest BCUT2D eigenvalue weighted by atomic mass is 16.7. The quantitative estimate of drug-likeness (QED) is 0.701. The maximum absolute atomic E-state index is 12.3. The zero-order valence-corrected chi connectivity index (χ0v) is 18.3. The Balaban J connectivity index is 1.47. The fourth-order valence-electron chi connectivity index (χ4n) is 8.76. The number of aliphatic hydroxyl groups excluding tert-OH is 1. The zero-order valence-electron chi connectivity index (χ0n) is 18.3. The molecule has 164 valence electrons. The molecule has 5 rings (SSSR count). The fraction of sp³-hybridized carbons (Fsp3) is 0.958. The monoisotopic (exact) mass is 406 g/mol. The molecule has 4 aliphatic carbocycles. The molecule has 29 heavy (non-hydrogen) atoms. The third-order valence-corrected chi connectivity index (χ3v) is 9.89. The van der Waals surface area contributed by atoms with Gasteiger partial charge in [-0.15, -0.1) is 0 Å². The standard InChI is InChI=1S/C24H38O5/c1-15(25)29-24-11-9-19-18(5-4-16-14-17(26)8-10-22(16,19)2)20(24)6-7-21(24)23(3)27-12-13-28-23/h16-21,26H,4-14H2,1-3H3. The van der Waals surface area contributed by atoms with Crippen LogP contribution in [0.1, 0.15) is 78.6 Å². The molecule has 1 heterocycles. The highest BCUT2D eigenvalue weighted by Crippen LogP contribution is 2.67. The molecule has 1 saturated heterocycles. The van der Waals surface area contributed by atoms with E-state index in [1.54, 1.807) is 6.92 Å². The highest BCUT2D eigenvalue weighted by Gasteiger charge is 2.67. The molecule has 5 nitrogen and oxygen atoms in total. The number of carbonyl (C=O) groups excluding carboxylic acids is 1. The van der Waals surface area contributed by atoms with Gasteiger partial charge >= 0.3 is 5.97 Å². The number of hydrogen-bond acceptors (Lipinski definition) is 5.